The van der Waals surface area contributed by atoms with Crippen molar-refractivity contribution in [3.05, 3.63) is 83.7 Å². The van der Waals surface area contributed by atoms with Gasteiger partial charge in [-0.25, -0.2) is 8.78 Å². The predicted molar refractivity (Wildman–Crippen MR) is 125 cm³/mol. The first kappa shape index (κ1) is 25.1. The zero-order valence-corrected chi connectivity index (χ0v) is 19.4. The van der Waals surface area contributed by atoms with Gasteiger partial charge in [-0.05, 0) is 30.2 Å². The third-order valence-corrected chi connectivity index (χ3v) is 5.74. The summed E-state index contributed by atoms with van der Waals surface area (Å²) in [5, 5.41) is 11.3. The molecule has 0 fully saturated rings. The van der Waals surface area contributed by atoms with E-state index in [-0.39, 0.29) is 35.4 Å². The maximum atomic E-state index is 14.4. The molecule has 0 atom stereocenters. The van der Waals surface area contributed by atoms with Crippen molar-refractivity contribution in [2.24, 2.45) is 0 Å². The summed E-state index contributed by atoms with van der Waals surface area (Å²) in [5.41, 5.74) is 0.661. The van der Waals surface area contributed by atoms with Crippen LogP contribution in [0.2, 0.25) is 0 Å². The van der Waals surface area contributed by atoms with Crippen molar-refractivity contribution in [3.8, 4) is 5.75 Å². The number of nitrogens with zero attached hydrogens (tertiary/aromatic N) is 3. The lowest BCUT2D eigenvalue weighted by molar-refractivity contribution is -0.118. The fourth-order valence-corrected chi connectivity index (χ4v) is 3.92. The summed E-state index contributed by atoms with van der Waals surface area (Å²) in [4.78, 5) is 23.6. The quantitative estimate of drug-likeness (QED) is 0.237. The molecular formula is C24H24F2N4O3S. The molecule has 0 spiro atoms. The minimum absolute atomic E-state index is 0.0125. The van der Waals surface area contributed by atoms with Crippen molar-refractivity contribution in [2.45, 2.75) is 31.7 Å². The minimum atomic E-state index is -0.497. The molecule has 2 aromatic carbocycles. The number of carbonyl (C=O) groups excluding carboxylic acids is 2. The molecule has 0 radical (unpaired) electrons. The van der Waals surface area contributed by atoms with Crippen molar-refractivity contribution in [1.29, 1.82) is 0 Å². The fourth-order valence-electron chi connectivity index (χ4n) is 3.06. The van der Waals surface area contributed by atoms with Gasteiger partial charge >= 0.3 is 0 Å². The van der Waals surface area contributed by atoms with E-state index >= 15 is 0 Å². The number of halogens is 2. The van der Waals surface area contributed by atoms with Gasteiger partial charge in [0.15, 0.2) is 28.3 Å². The monoisotopic (exact) mass is 486 g/mol. The van der Waals surface area contributed by atoms with Gasteiger partial charge in [-0.2, -0.15) is 0 Å². The molecule has 0 aliphatic carbocycles. The summed E-state index contributed by atoms with van der Waals surface area (Å²) >= 11 is 1.16. The molecule has 0 saturated carbocycles. The smallest absolute Gasteiger partial charge is 0.216 e. The topological polar surface area (TPSA) is 86.1 Å². The molecule has 0 aliphatic heterocycles. The molecular weight excluding hydrogens is 462 g/mol. The van der Waals surface area contributed by atoms with Gasteiger partial charge in [0.25, 0.3) is 0 Å². The number of thioether (sulfide) groups is 1. The van der Waals surface area contributed by atoms with Gasteiger partial charge < -0.3 is 10.1 Å². The molecule has 3 aromatic rings. The number of benzene rings is 2. The van der Waals surface area contributed by atoms with Crippen LogP contribution in [-0.2, 0) is 24.4 Å². The normalized spacial score (nSPS) is 10.7. The Morgan fingerprint density at radius 3 is 2.68 bits per heavy atom. The van der Waals surface area contributed by atoms with Gasteiger partial charge in [-0.1, -0.05) is 42.1 Å². The Morgan fingerprint density at radius 2 is 1.97 bits per heavy atom. The van der Waals surface area contributed by atoms with E-state index in [9.17, 15) is 18.4 Å². The molecule has 0 unspecified atom stereocenters. The Morgan fingerprint density at radius 1 is 1.18 bits per heavy atom. The van der Waals surface area contributed by atoms with Gasteiger partial charge in [-0.15, -0.1) is 16.8 Å². The first-order valence-electron chi connectivity index (χ1n) is 10.5. The Labute approximate surface area is 200 Å². The van der Waals surface area contributed by atoms with Crippen LogP contribution >= 0.6 is 11.8 Å². The number of amides is 1. The second kappa shape index (κ2) is 12.1. The van der Waals surface area contributed by atoms with E-state index in [1.165, 1.54) is 25.1 Å². The molecule has 10 heteroatoms. The van der Waals surface area contributed by atoms with Gasteiger partial charge in [0.05, 0.1) is 5.75 Å². The lowest BCUT2D eigenvalue weighted by Gasteiger charge is -2.10. The first-order chi connectivity index (χ1) is 16.4. The molecule has 1 amide bonds. The number of hydrogen-bond acceptors (Lipinski definition) is 6. The van der Waals surface area contributed by atoms with Crippen molar-refractivity contribution in [1.82, 2.24) is 20.1 Å². The maximum Gasteiger partial charge on any atom is 0.216 e. The SMILES string of the molecule is C=CCn1c(COc2ccccc2F)nnc1SCC(=O)c1ccc(CCNC(C)=O)c(F)c1. The highest BCUT2D eigenvalue weighted by atomic mass is 32.2. The second-order valence-corrected chi connectivity index (χ2v) is 8.21. The number of rotatable bonds is 12. The number of hydrogen-bond donors (Lipinski definition) is 1. The molecule has 0 saturated heterocycles. The highest BCUT2D eigenvalue weighted by Crippen LogP contribution is 2.22. The summed E-state index contributed by atoms with van der Waals surface area (Å²) in [6, 6.07) is 10.4. The lowest BCUT2D eigenvalue weighted by Crippen LogP contribution is -2.22. The Kier molecular flexibility index (Phi) is 8.92. The van der Waals surface area contributed by atoms with Gasteiger partial charge in [0, 0.05) is 25.6 Å². The first-order valence-corrected chi connectivity index (χ1v) is 11.5. The lowest BCUT2D eigenvalue weighted by atomic mass is 10.1. The van der Waals surface area contributed by atoms with Crippen molar-refractivity contribution in [2.75, 3.05) is 12.3 Å². The van der Waals surface area contributed by atoms with E-state index in [1.807, 2.05) is 0 Å². The molecule has 0 aliphatic rings. The summed E-state index contributed by atoms with van der Waals surface area (Å²) < 4.78 is 35.4. The van der Waals surface area contributed by atoms with Crippen molar-refractivity contribution in [3.63, 3.8) is 0 Å². The van der Waals surface area contributed by atoms with Crippen LogP contribution in [0.15, 0.2) is 60.3 Å². The average molecular weight is 487 g/mol. The zero-order chi connectivity index (χ0) is 24.5. The molecule has 1 N–H and O–H groups in total. The van der Waals surface area contributed by atoms with Crippen LogP contribution in [-0.4, -0.2) is 38.8 Å². The predicted octanol–water partition coefficient (Wildman–Crippen LogP) is 3.97. The van der Waals surface area contributed by atoms with Crippen LogP contribution in [0.1, 0.15) is 28.7 Å². The Hall–Kier alpha value is -3.53. The highest BCUT2D eigenvalue weighted by molar-refractivity contribution is 7.99. The summed E-state index contributed by atoms with van der Waals surface area (Å²) in [6.45, 7) is 5.79. The largest absolute Gasteiger partial charge is 0.483 e. The standard InChI is InChI=1S/C24H24F2N4O3S/c1-3-12-30-23(14-33-22-7-5-4-6-19(22)25)28-29-24(30)34-15-21(32)18-9-8-17(20(26)13-18)10-11-27-16(2)31/h3-9,13H,1,10-12,14-15H2,2H3,(H,27,31). The Bertz CT molecular complexity index is 1180. The van der Waals surface area contributed by atoms with Crippen LogP contribution in [0.25, 0.3) is 0 Å². The van der Waals surface area contributed by atoms with Gasteiger partial charge in [0.1, 0.15) is 12.4 Å². The number of allylic oxidation sites excluding steroid dienone is 1. The highest BCUT2D eigenvalue weighted by Gasteiger charge is 2.16. The fraction of sp³-hybridized carbons (Fsp3) is 0.250. The minimum Gasteiger partial charge on any atom is -0.483 e. The second-order valence-electron chi connectivity index (χ2n) is 7.27. The van der Waals surface area contributed by atoms with Gasteiger partial charge in [0.2, 0.25) is 5.91 Å². The van der Waals surface area contributed by atoms with Crippen LogP contribution in [0, 0.1) is 11.6 Å². The van der Waals surface area contributed by atoms with Crippen molar-refractivity contribution >= 4 is 23.5 Å². The van der Waals surface area contributed by atoms with Gasteiger partial charge in [-0.3, -0.25) is 14.2 Å². The van der Waals surface area contributed by atoms with Crippen molar-refractivity contribution < 1.29 is 23.1 Å². The van der Waals surface area contributed by atoms with Crippen LogP contribution < -0.4 is 10.1 Å². The summed E-state index contributed by atoms with van der Waals surface area (Å²) in [7, 11) is 0. The van der Waals surface area contributed by atoms with Crippen LogP contribution in [0.3, 0.4) is 0 Å². The number of carbonyl (C=O) groups is 2. The maximum absolute atomic E-state index is 14.4. The summed E-state index contributed by atoms with van der Waals surface area (Å²) in [6.07, 6.45) is 1.98. The molecule has 3 rings (SSSR count). The van der Waals surface area contributed by atoms with E-state index in [1.54, 1.807) is 34.9 Å². The van der Waals surface area contributed by atoms with Crippen LogP contribution in [0.4, 0.5) is 8.78 Å². The Balaban J connectivity index is 1.62. The van der Waals surface area contributed by atoms with E-state index < -0.39 is 11.6 Å². The number of nitrogens with one attached hydrogen (secondary N) is 1. The number of aromatic nitrogens is 3. The molecule has 0 bridgehead atoms. The third-order valence-electron chi connectivity index (χ3n) is 4.77. The number of Topliss-reactive ketones (excluding diaryl/α,β-unsaturated/α-hetero) is 1. The van der Waals surface area contributed by atoms with E-state index in [0.717, 1.165) is 11.8 Å². The van der Waals surface area contributed by atoms with E-state index in [4.69, 9.17) is 4.74 Å². The zero-order valence-electron chi connectivity index (χ0n) is 18.6. The van der Waals surface area contributed by atoms with E-state index in [2.05, 4.69) is 22.1 Å². The summed E-state index contributed by atoms with van der Waals surface area (Å²) in [5.74, 6) is -0.858. The molecule has 7 nitrogen and oxygen atoms in total. The van der Waals surface area contributed by atoms with Crippen LogP contribution in [0.5, 0.6) is 5.75 Å². The number of para-hydroxylation sites is 1. The van der Waals surface area contributed by atoms with E-state index in [0.29, 0.717) is 36.1 Å². The number of ketones is 1. The molecule has 178 valence electrons. The average Bonchev–Trinajstić information content (AvgIpc) is 3.19. The molecule has 1 heterocycles. The molecule has 1 aromatic heterocycles. The third kappa shape index (κ3) is 6.74. The molecule has 34 heavy (non-hydrogen) atoms. The number of ether oxygens (including phenoxy) is 1.